The van der Waals surface area contributed by atoms with E-state index in [-0.39, 0.29) is 5.63 Å². The number of aromatic nitrogens is 1. The van der Waals surface area contributed by atoms with Crippen LogP contribution in [0.1, 0.15) is 19.5 Å². The van der Waals surface area contributed by atoms with Gasteiger partial charge in [-0.2, -0.15) is 0 Å². The average Bonchev–Trinajstić information content (AvgIpc) is 2.95. The second-order valence-electron chi connectivity index (χ2n) is 4.49. The van der Waals surface area contributed by atoms with Crippen molar-refractivity contribution in [2.75, 3.05) is 0 Å². The zero-order valence-corrected chi connectivity index (χ0v) is 12.0. The van der Waals surface area contributed by atoms with E-state index in [9.17, 15) is 4.79 Å². The molecule has 0 radical (unpaired) electrons. The number of fused-ring (bicyclic) bond motifs is 1. The lowest BCUT2D eigenvalue weighted by atomic mass is 10.2. The van der Waals surface area contributed by atoms with Gasteiger partial charge in [-0.25, -0.2) is 9.78 Å². The van der Waals surface area contributed by atoms with Gasteiger partial charge in [0, 0.05) is 10.8 Å². The van der Waals surface area contributed by atoms with Crippen LogP contribution in [0.25, 0.3) is 27.1 Å². The zero-order chi connectivity index (χ0) is 14.1. The molecule has 3 nitrogen and oxygen atoms in total. The molecule has 3 rings (SSSR count). The van der Waals surface area contributed by atoms with Gasteiger partial charge in [0.05, 0.1) is 11.3 Å². The Labute approximate surface area is 120 Å². The summed E-state index contributed by atoms with van der Waals surface area (Å²) in [5.41, 5.74) is 2.77. The Balaban J connectivity index is 2.17. The first-order chi connectivity index (χ1) is 9.69. The molecule has 1 aromatic carbocycles. The molecule has 100 valence electrons. The van der Waals surface area contributed by atoms with Crippen molar-refractivity contribution in [1.82, 2.24) is 4.98 Å². The van der Waals surface area contributed by atoms with Crippen LogP contribution in [0.2, 0.25) is 0 Å². The van der Waals surface area contributed by atoms with Crippen LogP contribution in [0.5, 0.6) is 0 Å². The topological polar surface area (TPSA) is 43.1 Å². The summed E-state index contributed by atoms with van der Waals surface area (Å²) in [6, 6.07) is 9.32. The number of allylic oxidation sites excluding steroid dienone is 2. The Morgan fingerprint density at radius 2 is 2.15 bits per heavy atom. The van der Waals surface area contributed by atoms with Crippen LogP contribution >= 0.6 is 11.3 Å². The Kier molecular flexibility index (Phi) is 3.24. The van der Waals surface area contributed by atoms with Crippen molar-refractivity contribution < 1.29 is 4.42 Å². The Morgan fingerprint density at radius 1 is 1.35 bits per heavy atom. The van der Waals surface area contributed by atoms with Crippen LogP contribution in [0, 0.1) is 0 Å². The molecule has 4 heteroatoms. The number of benzene rings is 1. The molecule has 0 unspecified atom stereocenters. The predicted octanol–water partition coefficient (Wildman–Crippen LogP) is 4.34. The second kappa shape index (κ2) is 5.06. The van der Waals surface area contributed by atoms with E-state index in [1.165, 1.54) is 11.3 Å². The normalized spacial score (nSPS) is 12.0. The third kappa shape index (κ3) is 2.18. The highest BCUT2D eigenvalue weighted by atomic mass is 32.1. The highest BCUT2D eigenvalue weighted by Gasteiger charge is 2.12. The number of hydrogen-bond acceptors (Lipinski definition) is 4. The summed E-state index contributed by atoms with van der Waals surface area (Å²) >= 11 is 1.46. The van der Waals surface area contributed by atoms with Crippen molar-refractivity contribution in [1.29, 1.82) is 0 Å². The molecule has 0 aliphatic heterocycles. The van der Waals surface area contributed by atoms with Crippen molar-refractivity contribution in [3.8, 4) is 10.6 Å². The quantitative estimate of drug-likeness (QED) is 0.657. The molecule has 0 fully saturated rings. The zero-order valence-electron chi connectivity index (χ0n) is 11.2. The molecule has 0 N–H and O–H groups in total. The smallest absolute Gasteiger partial charge is 0.346 e. The van der Waals surface area contributed by atoms with Crippen LogP contribution < -0.4 is 5.63 Å². The molecule has 2 heterocycles. The van der Waals surface area contributed by atoms with Gasteiger partial charge in [0.15, 0.2) is 0 Å². The van der Waals surface area contributed by atoms with Crippen LogP contribution in [-0.2, 0) is 0 Å². The first-order valence-corrected chi connectivity index (χ1v) is 7.19. The lowest BCUT2D eigenvalue weighted by Gasteiger charge is -1.99. The van der Waals surface area contributed by atoms with Crippen LogP contribution in [0.4, 0.5) is 0 Å². The number of nitrogens with zero attached hydrogens (tertiary/aromatic N) is 1. The van der Waals surface area contributed by atoms with Gasteiger partial charge in [0.1, 0.15) is 10.6 Å². The Hall–Kier alpha value is -2.20. The Morgan fingerprint density at radius 3 is 2.95 bits per heavy atom. The van der Waals surface area contributed by atoms with E-state index in [0.717, 1.165) is 16.7 Å². The third-order valence-electron chi connectivity index (χ3n) is 3.21. The van der Waals surface area contributed by atoms with Gasteiger partial charge in [-0.1, -0.05) is 24.3 Å². The molecule has 0 aliphatic rings. The average molecular weight is 283 g/mol. The van der Waals surface area contributed by atoms with Gasteiger partial charge in [-0.3, -0.25) is 0 Å². The molecular formula is C16H13NO2S. The van der Waals surface area contributed by atoms with E-state index in [4.69, 9.17) is 4.42 Å². The van der Waals surface area contributed by atoms with Crippen LogP contribution in [-0.4, -0.2) is 4.98 Å². The molecule has 0 bridgehead atoms. The standard InChI is InChI=1S/C16H13NO2S/c1-3-10(2)13-9-20-15(17-13)12-8-11-6-4-5-7-14(11)19-16(12)18/h3-9H,1-2H3/b10-3+. The molecule has 0 aliphatic carbocycles. The molecule has 0 amide bonds. The first kappa shape index (κ1) is 12.8. The van der Waals surface area contributed by atoms with Crippen LogP contribution in [0.15, 0.2) is 51.0 Å². The summed E-state index contributed by atoms with van der Waals surface area (Å²) in [5, 5.41) is 3.56. The van der Waals surface area contributed by atoms with Crippen molar-refractivity contribution in [2.24, 2.45) is 0 Å². The highest BCUT2D eigenvalue weighted by Crippen LogP contribution is 2.26. The van der Waals surface area contributed by atoms with E-state index < -0.39 is 0 Å². The van der Waals surface area contributed by atoms with Crippen molar-refractivity contribution in [3.63, 3.8) is 0 Å². The number of thiazole rings is 1. The van der Waals surface area contributed by atoms with Crippen molar-refractivity contribution in [2.45, 2.75) is 13.8 Å². The summed E-state index contributed by atoms with van der Waals surface area (Å²) in [5.74, 6) is 0. The molecule has 0 spiro atoms. The lowest BCUT2D eigenvalue weighted by Crippen LogP contribution is -2.02. The summed E-state index contributed by atoms with van der Waals surface area (Å²) in [7, 11) is 0. The summed E-state index contributed by atoms with van der Waals surface area (Å²) < 4.78 is 5.34. The lowest BCUT2D eigenvalue weighted by molar-refractivity contribution is 0.563. The van der Waals surface area contributed by atoms with Crippen molar-refractivity contribution in [3.05, 3.63) is 57.9 Å². The van der Waals surface area contributed by atoms with Gasteiger partial charge in [-0.05, 0) is 31.6 Å². The fraction of sp³-hybridized carbons (Fsp3) is 0.125. The molecule has 0 saturated heterocycles. The molecule has 0 atom stereocenters. The van der Waals surface area contributed by atoms with Gasteiger partial charge in [0.2, 0.25) is 0 Å². The maximum Gasteiger partial charge on any atom is 0.346 e. The summed E-state index contributed by atoms with van der Waals surface area (Å²) in [6.45, 7) is 3.97. The van der Waals surface area contributed by atoms with E-state index in [1.807, 2.05) is 49.6 Å². The SMILES string of the molecule is C/C=C(\C)c1csc(-c2cc3ccccc3oc2=O)n1. The molecule has 20 heavy (non-hydrogen) atoms. The van der Waals surface area contributed by atoms with E-state index in [0.29, 0.717) is 16.2 Å². The number of rotatable bonds is 2. The summed E-state index contributed by atoms with van der Waals surface area (Å²) in [4.78, 5) is 16.6. The fourth-order valence-electron chi connectivity index (χ4n) is 1.94. The van der Waals surface area contributed by atoms with Crippen molar-refractivity contribution >= 4 is 27.9 Å². The van der Waals surface area contributed by atoms with E-state index >= 15 is 0 Å². The molecule has 3 aromatic rings. The maximum absolute atomic E-state index is 12.1. The van der Waals surface area contributed by atoms with E-state index in [1.54, 1.807) is 6.07 Å². The van der Waals surface area contributed by atoms with Gasteiger partial charge in [0.25, 0.3) is 0 Å². The summed E-state index contributed by atoms with van der Waals surface area (Å²) in [6.07, 6.45) is 2.00. The van der Waals surface area contributed by atoms with Gasteiger partial charge < -0.3 is 4.42 Å². The minimum atomic E-state index is -0.345. The second-order valence-corrected chi connectivity index (χ2v) is 5.35. The van der Waals surface area contributed by atoms with Gasteiger partial charge in [-0.15, -0.1) is 11.3 Å². The largest absolute Gasteiger partial charge is 0.422 e. The number of hydrogen-bond donors (Lipinski definition) is 0. The highest BCUT2D eigenvalue weighted by molar-refractivity contribution is 7.13. The maximum atomic E-state index is 12.1. The minimum Gasteiger partial charge on any atom is -0.422 e. The monoisotopic (exact) mass is 283 g/mol. The Bertz CT molecular complexity index is 858. The third-order valence-corrected chi connectivity index (χ3v) is 4.09. The molecule has 2 aromatic heterocycles. The fourth-order valence-corrected chi connectivity index (χ4v) is 2.82. The molecular weight excluding hydrogens is 270 g/mol. The predicted molar refractivity (Wildman–Crippen MR) is 82.9 cm³/mol. The first-order valence-electron chi connectivity index (χ1n) is 6.31. The van der Waals surface area contributed by atoms with Crippen LogP contribution in [0.3, 0.4) is 0 Å². The van der Waals surface area contributed by atoms with E-state index in [2.05, 4.69) is 4.98 Å². The minimum absolute atomic E-state index is 0.345. The van der Waals surface area contributed by atoms with Gasteiger partial charge >= 0.3 is 5.63 Å². The number of para-hydroxylation sites is 1. The molecule has 0 saturated carbocycles.